The van der Waals surface area contributed by atoms with Gasteiger partial charge in [-0.15, -0.1) is 0 Å². The SMILES string of the molecule is CCc1c(Cc2ccccc2)ccc2cc(OC)c(OC)cc12. The van der Waals surface area contributed by atoms with Crippen molar-refractivity contribution in [2.24, 2.45) is 0 Å². The lowest BCUT2D eigenvalue weighted by Gasteiger charge is -2.15. The third-order valence-electron chi connectivity index (χ3n) is 4.32. The fraction of sp³-hybridized carbons (Fsp3) is 0.238. The molecule has 0 radical (unpaired) electrons. The van der Waals surface area contributed by atoms with Gasteiger partial charge in [-0.2, -0.15) is 0 Å². The third-order valence-corrected chi connectivity index (χ3v) is 4.32. The molecule has 0 amide bonds. The van der Waals surface area contributed by atoms with Crippen LogP contribution in [0, 0.1) is 0 Å². The molecule has 3 rings (SSSR count). The molecule has 0 aliphatic heterocycles. The van der Waals surface area contributed by atoms with Gasteiger partial charge in [0.1, 0.15) is 0 Å². The first-order valence-corrected chi connectivity index (χ1v) is 7.97. The van der Waals surface area contributed by atoms with Crippen molar-refractivity contribution >= 4 is 10.8 Å². The highest BCUT2D eigenvalue weighted by molar-refractivity contribution is 5.90. The number of ether oxygens (including phenoxy) is 2. The van der Waals surface area contributed by atoms with Crippen LogP contribution in [0.5, 0.6) is 11.5 Å². The van der Waals surface area contributed by atoms with Crippen LogP contribution in [0.15, 0.2) is 54.6 Å². The van der Waals surface area contributed by atoms with Gasteiger partial charge in [0.05, 0.1) is 14.2 Å². The third kappa shape index (κ3) is 3.02. The van der Waals surface area contributed by atoms with Crippen LogP contribution >= 0.6 is 0 Å². The first-order valence-electron chi connectivity index (χ1n) is 7.97. The van der Waals surface area contributed by atoms with E-state index in [2.05, 4.69) is 61.5 Å². The predicted octanol–water partition coefficient (Wildman–Crippen LogP) is 5.01. The number of aryl methyl sites for hydroxylation is 1. The first-order chi connectivity index (χ1) is 11.3. The summed E-state index contributed by atoms with van der Waals surface area (Å²) in [6.07, 6.45) is 1.95. The number of rotatable bonds is 5. The molecule has 0 saturated heterocycles. The van der Waals surface area contributed by atoms with Crippen LogP contribution in [0.25, 0.3) is 10.8 Å². The van der Waals surface area contributed by atoms with E-state index in [-0.39, 0.29) is 0 Å². The lowest BCUT2D eigenvalue weighted by molar-refractivity contribution is 0.356. The lowest BCUT2D eigenvalue weighted by atomic mass is 9.93. The second kappa shape index (κ2) is 6.74. The van der Waals surface area contributed by atoms with Crippen molar-refractivity contribution in [1.82, 2.24) is 0 Å². The Labute approximate surface area is 137 Å². The number of hydrogen-bond donors (Lipinski definition) is 0. The molecule has 0 unspecified atom stereocenters. The molecule has 2 nitrogen and oxygen atoms in total. The predicted molar refractivity (Wildman–Crippen MR) is 95.7 cm³/mol. The summed E-state index contributed by atoms with van der Waals surface area (Å²) >= 11 is 0. The summed E-state index contributed by atoms with van der Waals surface area (Å²) in [5.41, 5.74) is 4.09. The van der Waals surface area contributed by atoms with Crippen LogP contribution < -0.4 is 9.47 Å². The molecule has 3 aromatic rings. The Balaban J connectivity index is 2.13. The summed E-state index contributed by atoms with van der Waals surface area (Å²) in [5.74, 6) is 1.56. The van der Waals surface area contributed by atoms with Gasteiger partial charge in [-0.1, -0.05) is 49.4 Å². The average Bonchev–Trinajstić information content (AvgIpc) is 2.61. The van der Waals surface area contributed by atoms with Crippen molar-refractivity contribution in [3.05, 3.63) is 71.3 Å². The zero-order valence-electron chi connectivity index (χ0n) is 13.9. The summed E-state index contributed by atoms with van der Waals surface area (Å²) in [5, 5.41) is 2.44. The first kappa shape index (κ1) is 15.4. The van der Waals surface area contributed by atoms with Gasteiger partial charge in [0.25, 0.3) is 0 Å². The molecular formula is C21H22O2. The van der Waals surface area contributed by atoms with Crippen LogP contribution in [0.2, 0.25) is 0 Å². The second-order valence-corrected chi connectivity index (χ2v) is 5.65. The number of methoxy groups -OCH3 is 2. The molecule has 3 aromatic carbocycles. The van der Waals surface area contributed by atoms with Gasteiger partial charge in [-0.25, -0.2) is 0 Å². The molecule has 118 valence electrons. The van der Waals surface area contributed by atoms with Gasteiger partial charge in [0.2, 0.25) is 0 Å². The van der Waals surface area contributed by atoms with Gasteiger partial charge in [0.15, 0.2) is 11.5 Å². The van der Waals surface area contributed by atoms with Crippen LogP contribution in [-0.4, -0.2) is 14.2 Å². The summed E-state index contributed by atoms with van der Waals surface area (Å²) in [7, 11) is 3.36. The molecule has 0 aliphatic carbocycles. The molecule has 0 aliphatic rings. The van der Waals surface area contributed by atoms with Gasteiger partial charge < -0.3 is 9.47 Å². The van der Waals surface area contributed by atoms with Crippen molar-refractivity contribution in [3.8, 4) is 11.5 Å². The van der Waals surface area contributed by atoms with Crippen LogP contribution in [-0.2, 0) is 12.8 Å². The summed E-state index contributed by atoms with van der Waals surface area (Å²) in [6.45, 7) is 2.21. The van der Waals surface area contributed by atoms with Gasteiger partial charge in [0, 0.05) is 0 Å². The van der Waals surface area contributed by atoms with Gasteiger partial charge >= 0.3 is 0 Å². The largest absolute Gasteiger partial charge is 0.493 e. The lowest BCUT2D eigenvalue weighted by Crippen LogP contribution is -1.98. The van der Waals surface area contributed by atoms with Crippen molar-refractivity contribution in [1.29, 1.82) is 0 Å². The fourth-order valence-corrected chi connectivity index (χ4v) is 3.16. The minimum absolute atomic E-state index is 0.776. The van der Waals surface area contributed by atoms with Crippen molar-refractivity contribution in [2.75, 3.05) is 14.2 Å². The van der Waals surface area contributed by atoms with E-state index >= 15 is 0 Å². The smallest absolute Gasteiger partial charge is 0.161 e. The highest BCUT2D eigenvalue weighted by atomic mass is 16.5. The Morgan fingerprint density at radius 3 is 2.17 bits per heavy atom. The Bertz CT molecular complexity index is 807. The van der Waals surface area contributed by atoms with Crippen LogP contribution in [0.1, 0.15) is 23.6 Å². The maximum Gasteiger partial charge on any atom is 0.161 e. The Morgan fingerprint density at radius 1 is 0.826 bits per heavy atom. The minimum Gasteiger partial charge on any atom is -0.493 e. The molecule has 0 N–H and O–H groups in total. The second-order valence-electron chi connectivity index (χ2n) is 5.65. The molecule has 0 fully saturated rings. The molecular weight excluding hydrogens is 284 g/mol. The highest BCUT2D eigenvalue weighted by Crippen LogP contribution is 2.35. The average molecular weight is 306 g/mol. The van der Waals surface area contributed by atoms with E-state index in [1.54, 1.807) is 14.2 Å². The highest BCUT2D eigenvalue weighted by Gasteiger charge is 2.11. The van der Waals surface area contributed by atoms with E-state index in [0.717, 1.165) is 24.3 Å². The maximum atomic E-state index is 5.48. The van der Waals surface area contributed by atoms with Crippen LogP contribution in [0.3, 0.4) is 0 Å². The Morgan fingerprint density at radius 2 is 1.52 bits per heavy atom. The Hall–Kier alpha value is -2.48. The van der Waals surface area contributed by atoms with Gasteiger partial charge in [-0.05, 0) is 52.4 Å². The number of fused-ring (bicyclic) bond motifs is 1. The number of benzene rings is 3. The zero-order chi connectivity index (χ0) is 16.2. The molecule has 23 heavy (non-hydrogen) atoms. The maximum absolute atomic E-state index is 5.48. The minimum atomic E-state index is 0.776. The molecule has 0 aromatic heterocycles. The topological polar surface area (TPSA) is 18.5 Å². The van der Waals surface area contributed by atoms with Crippen molar-refractivity contribution in [3.63, 3.8) is 0 Å². The quantitative estimate of drug-likeness (QED) is 0.659. The standard InChI is InChI=1S/C21H22O2/c1-4-18-16(12-15-8-6-5-7-9-15)10-11-17-13-20(22-2)21(23-3)14-19(17)18/h5-11,13-14H,4,12H2,1-3H3. The van der Waals surface area contributed by atoms with E-state index in [1.807, 2.05) is 0 Å². The van der Waals surface area contributed by atoms with E-state index in [0.29, 0.717) is 0 Å². The molecule has 0 bridgehead atoms. The normalized spacial score (nSPS) is 10.7. The van der Waals surface area contributed by atoms with Crippen molar-refractivity contribution in [2.45, 2.75) is 19.8 Å². The summed E-state index contributed by atoms with van der Waals surface area (Å²) in [4.78, 5) is 0. The zero-order valence-corrected chi connectivity index (χ0v) is 13.9. The number of hydrogen-bond acceptors (Lipinski definition) is 2. The molecule has 0 atom stereocenters. The molecule has 0 heterocycles. The summed E-state index contributed by atoms with van der Waals surface area (Å²) in [6, 6.07) is 19.2. The fourth-order valence-electron chi connectivity index (χ4n) is 3.16. The Kier molecular flexibility index (Phi) is 4.52. The summed E-state index contributed by atoms with van der Waals surface area (Å²) < 4.78 is 10.9. The van der Waals surface area contributed by atoms with E-state index < -0.39 is 0 Å². The van der Waals surface area contributed by atoms with Gasteiger partial charge in [-0.3, -0.25) is 0 Å². The van der Waals surface area contributed by atoms with Crippen molar-refractivity contribution < 1.29 is 9.47 Å². The van der Waals surface area contributed by atoms with E-state index in [9.17, 15) is 0 Å². The molecule has 2 heteroatoms. The monoisotopic (exact) mass is 306 g/mol. The van der Waals surface area contributed by atoms with E-state index in [4.69, 9.17) is 9.47 Å². The molecule has 0 spiro atoms. The van der Waals surface area contributed by atoms with Crippen LogP contribution in [0.4, 0.5) is 0 Å². The molecule has 0 saturated carbocycles. The van der Waals surface area contributed by atoms with E-state index in [1.165, 1.54) is 27.5 Å².